The van der Waals surface area contributed by atoms with Crippen LogP contribution < -0.4 is 10.6 Å². The van der Waals surface area contributed by atoms with E-state index >= 15 is 0 Å². The van der Waals surface area contributed by atoms with E-state index < -0.39 is 6.10 Å². The van der Waals surface area contributed by atoms with Gasteiger partial charge in [0.05, 0.1) is 25.2 Å². The minimum atomic E-state index is -0.501. The highest BCUT2D eigenvalue weighted by Crippen LogP contribution is 2.27. The van der Waals surface area contributed by atoms with Crippen molar-refractivity contribution in [2.24, 2.45) is 5.92 Å². The first-order valence-corrected chi connectivity index (χ1v) is 7.65. The van der Waals surface area contributed by atoms with Crippen LogP contribution in [0.1, 0.15) is 32.6 Å². The van der Waals surface area contributed by atoms with Gasteiger partial charge in [-0.05, 0) is 19.8 Å². The molecule has 1 saturated carbocycles. The summed E-state index contributed by atoms with van der Waals surface area (Å²) in [6.07, 6.45) is 5.96. The Bertz CT molecular complexity index is 406. The molecule has 6 heteroatoms. The maximum atomic E-state index is 12.0. The predicted octanol–water partition coefficient (Wildman–Crippen LogP) is 0.113. The van der Waals surface area contributed by atoms with E-state index in [0.717, 1.165) is 19.3 Å². The van der Waals surface area contributed by atoms with Gasteiger partial charge in [0.2, 0.25) is 11.8 Å². The standard InChI is InChI=1S/C15H24N2O4/c1-2-16-14(19)8-11-6-7-12(13(9-18)21-11)17-15(20)10-4-3-5-10/h6-7,10-13,18H,2-5,8-9H2,1H3,(H,16,19)(H,17,20)/t11-,12+,13+/m0/s1. The van der Waals surface area contributed by atoms with E-state index in [9.17, 15) is 14.7 Å². The molecule has 0 aromatic carbocycles. The largest absolute Gasteiger partial charge is 0.394 e. The molecule has 118 valence electrons. The summed E-state index contributed by atoms with van der Waals surface area (Å²) in [5.74, 6) is 0.0479. The fourth-order valence-corrected chi connectivity index (χ4v) is 2.54. The lowest BCUT2D eigenvalue weighted by molar-refractivity contribution is -0.131. The van der Waals surface area contributed by atoms with Crippen LogP contribution in [0.15, 0.2) is 12.2 Å². The van der Waals surface area contributed by atoms with Crippen LogP contribution in [0, 0.1) is 5.92 Å². The van der Waals surface area contributed by atoms with E-state index in [1.54, 1.807) is 6.08 Å². The second-order valence-electron chi connectivity index (χ2n) is 5.60. The van der Waals surface area contributed by atoms with Gasteiger partial charge in [0, 0.05) is 12.5 Å². The Morgan fingerprint density at radius 3 is 2.67 bits per heavy atom. The van der Waals surface area contributed by atoms with E-state index in [0.29, 0.717) is 6.54 Å². The van der Waals surface area contributed by atoms with Gasteiger partial charge < -0.3 is 20.5 Å². The van der Waals surface area contributed by atoms with Crippen LogP contribution in [0.2, 0.25) is 0 Å². The number of nitrogens with one attached hydrogen (secondary N) is 2. The number of ether oxygens (including phenoxy) is 1. The molecule has 3 N–H and O–H groups in total. The van der Waals surface area contributed by atoms with Crippen LogP contribution in [0.3, 0.4) is 0 Å². The number of hydrogen-bond acceptors (Lipinski definition) is 4. The molecule has 2 aliphatic rings. The zero-order valence-electron chi connectivity index (χ0n) is 12.4. The van der Waals surface area contributed by atoms with Gasteiger partial charge in [0.1, 0.15) is 6.10 Å². The molecule has 0 aromatic rings. The molecule has 0 unspecified atom stereocenters. The number of carbonyl (C=O) groups excluding carboxylic acids is 2. The van der Waals surface area contributed by atoms with Crippen LogP contribution in [0.4, 0.5) is 0 Å². The lowest BCUT2D eigenvalue weighted by Crippen LogP contribution is -2.51. The summed E-state index contributed by atoms with van der Waals surface area (Å²) < 4.78 is 5.69. The zero-order valence-corrected chi connectivity index (χ0v) is 12.4. The van der Waals surface area contributed by atoms with Crippen LogP contribution in [-0.4, -0.2) is 48.3 Å². The molecule has 0 bridgehead atoms. The topological polar surface area (TPSA) is 87.7 Å². The molecular formula is C15H24N2O4. The lowest BCUT2D eigenvalue weighted by atomic mass is 9.84. The number of aliphatic hydroxyl groups is 1. The van der Waals surface area contributed by atoms with Gasteiger partial charge in [-0.1, -0.05) is 18.6 Å². The Labute approximate surface area is 124 Å². The van der Waals surface area contributed by atoms with Crippen molar-refractivity contribution in [2.75, 3.05) is 13.2 Å². The third-order valence-corrected chi connectivity index (χ3v) is 4.01. The minimum Gasteiger partial charge on any atom is -0.394 e. The van der Waals surface area contributed by atoms with Crippen LogP contribution in [0.5, 0.6) is 0 Å². The van der Waals surface area contributed by atoms with E-state index in [1.807, 2.05) is 13.0 Å². The monoisotopic (exact) mass is 296 g/mol. The SMILES string of the molecule is CCNC(=O)C[C@@H]1C=C[C@@H](NC(=O)C2CCC2)[C@@H](CO)O1. The summed E-state index contributed by atoms with van der Waals surface area (Å²) in [4.78, 5) is 23.5. The van der Waals surface area contributed by atoms with E-state index in [-0.39, 0.29) is 42.9 Å². The number of aliphatic hydroxyl groups excluding tert-OH is 1. The molecule has 1 aliphatic heterocycles. The van der Waals surface area contributed by atoms with Gasteiger partial charge in [-0.15, -0.1) is 0 Å². The Morgan fingerprint density at radius 2 is 2.10 bits per heavy atom. The van der Waals surface area contributed by atoms with Crippen molar-refractivity contribution < 1.29 is 19.4 Å². The van der Waals surface area contributed by atoms with Gasteiger partial charge in [0.15, 0.2) is 0 Å². The van der Waals surface area contributed by atoms with E-state index in [2.05, 4.69) is 10.6 Å². The van der Waals surface area contributed by atoms with Gasteiger partial charge in [-0.3, -0.25) is 9.59 Å². The Hall–Kier alpha value is -1.40. The van der Waals surface area contributed by atoms with E-state index in [1.165, 1.54) is 0 Å². The summed E-state index contributed by atoms with van der Waals surface area (Å²) in [7, 11) is 0. The zero-order chi connectivity index (χ0) is 15.2. The van der Waals surface area contributed by atoms with Gasteiger partial charge in [-0.2, -0.15) is 0 Å². The maximum Gasteiger partial charge on any atom is 0.223 e. The molecule has 1 heterocycles. The molecule has 1 aliphatic carbocycles. The first-order chi connectivity index (χ1) is 10.1. The molecule has 0 spiro atoms. The molecule has 3 atom stereocenters. The average molecular weight is 296 g/mol. The molecule has 2 rings (SSSR count). The summed E-state index contributed by atoms with van der Waals surface area (Å²) in [6.45, 7) is 2.25. The van der Waals surface area contributed by atoms with Crippen LogP contribution >= 0.6 is 0 Å². The van der Waals surface area contributed by atoms with Crippen molar-refractivity contribution in [1.29, 1.82) is 0 Å². The van der Waals surface area contributed by atoms with Gasteiger partial charge in [-0.25, -0.2) is 0 Å². The third kappa shape index (κ3) is 4.28. The second-order valence-corrected chi connectivity index (χ2v) is 5.60. The summed E-state index contributed by atoms with van der Waals surface area (Å²) in [5, 5.41) is 15.1. The summed E-state index contributed by atoms with van der Waals surface area (Å²) in [6, 6.07) is -0.325. The van der Waals surface area contributed by atoms with Crippen molar-refractivity contribution in [2.45, 2.75) is 50.9 Å². The number of rotatable bonds is 6. The first-order valence-electron chi connectivity index (χ1n) is 7.65. The number of amides is 2. The molecular weight excluding hydrogens is 272 g/mol. The fourth-order valence-electron chi connectivity index (χ4n) is 2.54. The van der Waals surface area contributed by atoms with Crippen molar-refractivity contribution in [1.82, 2.24) is 10.6 Å². The molecule has 1 fully saturated rings. The molecule has 0 radical (unpaired) electrons. The molecule has 6 nitrogen and oxygen atoms in total. The Balaban J connectivity index is 1.88. The normalized spacial score (nSPS) is 28.8. The first kappa shape index (κ1) is 16.0. The van der Waals surface area contributed by atoms with Crippen LogP contribution in [-0.2, 0) is 14.3 Å². The smallest absolute Gasteiger partial charge is 0.223 e. The predicted molar refractivity (Wildman–Crippen MR) is 77.5 cm³/mol. The molecule has 0 aromatic heterocycles. The molecule has 0 saturated heterocycles. The summed E-state index contributed by atoms with van der Waals surface area (Å²) in [5.41, 5.74) is 0. The van der Waals surface area contributed by atoms with Crippen molar-refractivity contribution >= 4 is 11.8 Å². The second kappa shape index (κ2) is 7.56. The molecule has 21 heavy (non-hydrogen) atoms. The Kier molecular flexibility index (Phi) is 5.76. The highest BCUT2D eigenvalue weighted by atomic mass is 16.5. The average Bonchev–Trinajstić information content (AvgIpc) is 2.38. The maximum absolute atomic E-state index is 12.0. The van der Waals surface area contributed by atoms with Crippen LogP contribution in [0.25, 0.3) is 0 Å². The van der Waals surface area contributed by atoms with Crippen molar-refractivity contribution in [3.63, 3.8) is 0 Å². The van der Waals surface area contributed by atoms with Crippen molar-refractivity contribution in [3.8, 4) is 0 Å². The lowest BCUT2D eigenvalue weighted by Gasteiger charge is -2.33. The quantitative estimate of drug-likeness (QED) is 0.607. The fraction of sp³-hybridized carbons (Fsp3) is 0.733. The van der Waals surface area contributed by atoms with Gasteiger partial charge in [0.25, 0.3) is 0 Å². The third-order valence-electron chi connectivity index (χ3n) is 4.01. The highest BCUT2D eigenvalue weighted by Gasteiger charge is 2.32. The van der Waals surface area contributed by atoms with Crippen molar-refractivity contribution in [3.05, 3.63) is 12.2 Å². The Morgan fingerprint density at radius 1 is 1.33 bits per heavy atom. The number of carbonyl (C=O) groups is 2. The van der Waals surface area contributed by atoms with Gasteiger partial charge >= 0.3 is 0 Å². The summed E-state index contributed by atoms with van der Waals surface area (Å²) >= 11 is 0. The minimum absolute atomic E-state index is 0.0279. The highest BCUT2D eigenvalue weighted by molar-refractivity contribution is 5.80. The molecule has 2 amide bonds. The van der Waals surface area contributed by atoms with E-state index in [4.69, 9.17) is 4.74 Å². The number of hydrogen-bond donors (Lipinski definition) is 3.